The molecule has 9 heteroatoms. The lowest BCUT2D eigenvalue weighted by molar-refractivity contribution is 0.0696. The number of aromatic nitrogens is 2. The Hall–Kier alpha value is -3.30. The van der Waals surface area contributed by atoms with Crippen molar-refractivity contribution in [2.75, 3.05) is 5.32 Å². The van der Waals surface area contributed by atoms with Crippen LogP contribution in [0.4, 0.5) is 11.5 Å². The minimum absolute atomic E-state index is 0.127. The van der Waals surface area contributed by atoms with Crippen molar-refractivity contribution in [1.29, 1.82) is 0 Å². The Labute approximate surface area is 183 Å². The second kappa shape index (κ2) is 7.85. The van der Waals surface area contributed by atoms with E-state index in [0.717, 1.165) is 36.8 Å². The number of thiophene rings is 1. The van der Waals surface area contributed by atoms with Crippen LogP contribution in [0.15, 0.2) is 53.3 Å². The lowest BCUT2D eigenvalue weighted by Crippen LogP contribution is -2.05. The fourth-order valence-electron chi connectivity index (χ4n) is 3.19. The van der Waals surface area contributed by atoms with Crippen LogP contribution < -0.4 is 5.32 Å². The normalized spacial score (nSPS) is 10.9. The summed E-state index contributed by atoms with van der Waals surface area (Å²) in [5.74, 6) is -1.95. The summed E-state index contributed by atoms with van der Waals surface area (Å²) in [4.78, 5) is 33.4. The van der Waals surface area contributed by atoms with Gasteiger partial charge < -0.3 is 15.5 Å². The van der Waals surface area contributed by atoms with Crippen LogP contribution in [0.3, 0.4) is 0 Å². The third-order valence-corrected chi connectivity index (χ3v) is 6.03. The molecule has 150 valence electrons. The molecule has 0 fully saturated rings. The Bertz CT molecular complexity index is 1270. The van der Waals surface area contributed by atoms with Gasteiger partial charge in [-0.25, -0.2) is 19.6 Å². The minimum Gasteiger partial charge on any atom is -0.478 e. The molecule has 0 saturated heterocycles. The highest BCUT2D eigenvalue weighted by Crippen LogP contribution is 2.41. The first kappa shape index (κ1) is 20.0. The predicted octanol–water partition coefficient (Wildman–Crippen LogP) is 5.57. The number of benzene rings is 2. The van der Waals surface area contributed by atoms with Gasteiger partial charge in [0.1, 0.15) is 17.0 Å². The maximum Gasteiger partial charge on any atom is 0.335 e. The molecule has 30 heavy (non-hydrogen) atoms. The van der Waals surface area contributed by atoms with E-state index in [-0.39, 0.29) is 11.1 Å². The molecule has 0 aliphatic carbocycles. The number of aromatic carboxylic acids is 2. The van der Waals surface area contributed by atoms with Crippen LogP contribution in [0.2, 0.25) is 0 Å². The van der Waals surface area contributed by atoms with E-state index < -0.39 is 11.9 Å². The van der Waals surface area contributed by atoms with Gasteiger partial charge in [0, 0.05) is 20.6 Å². The number of halogens is 1. The molecule has 2 heterocycles. The van der Waals surface area contributed by atoms with Gasteiger partial charge in [-0.05, 0) is 42.8 Å². The average molecular weight is 484 g/mol. The number of anilines is 2. The van der Waals surface area contributed by atoms with Crippen LogP contribution in [0.1, 0.15) is 25.6 Å². The molecule has 0 aliphatic heterocycles. The molecule has 0 radical (unpaired) electrons. The van der Waals surface area contributed by atoms with Gasteiger partial charge in [0.15, 0.2) is 0 Å². The molecule has 0 unspecified atom stereocenters. The van der Waals surface area contributed by atoms with E-state index in [1.807, 2.05) is 31.2 Å². The number of rotatable bonds is 5. The second-order valence-electron chi connectivity index (χ2n) is 6.48. The zero-order chi connectivity index (χ0) is 21.4. The van der Waals surface area contributed by atoms with E-state index >= 15 is 0 Å². The first-order valence-electron chi connectivity index (χ1n) is 8.72. The quantitative estimate of drug-likeness (QED) is 0.340. The summed E-state index contributed by atoms with van der Waals surface area (Å²) in [6.07, 6.45) is 1.42. The van der Waals surface area contributed by atoms with Gasteiger partial charge in [0.2, 0.25) is 0 Å². The third kappa shape index (κ3) is 3.77. The molecule has 0 amide bonds. The van der Waals surface area contributed by atoms with Crippen LogP contribution in [-0.4, -0.2) is 32.1 Å². The Balaban J connectivity index is 1.87. The standard InChI is InChI=1S/C21H14BrN3O4S/c1-10-16(11-2-4-14(22)5-3-11)17-18(23-9-24-19(17)30-10)25-15-7-12(20(26)27)6-13(8-15)21(28)29/h2-9H,1H3,(H,26,27)(H,28,29)(H,23,24,25). The number of fused-ring (bicyclic) bond motifs is 1. The molecule has 2 aromatic carbocycles. The van der Waals surface area contributed by atoms with Crippen LogP contribution >= 0.6 is 27.3 Å². The van der Waals surface area contributed by atoms with E-state index in [1.54, 1.807) is 0 Å². The molecule has 0 bridgehead atoms. The second-order valence-corrected chi connectivity index (χ2v) is 8.60. The Morgan fingerprint density at radius 1 is 1.00 bits per heavy atom. The molecule has 4 rings (SSSR count). The molecule has 0 spiro atoms. The molecule has 4 aromatic rings. The van der Waals surface area contributed by atoms with Crippen molar-refractivity contribution < 1.29 is 19.8 Å². The fourth-order valence-corrected chi connectivity index (χ4v) is 4.46. The van der Waals surface area contributed by atoms with Crippen molar-refractivity contribution >= 4 is 60.9 Å². The number of carboxylic acids is 2. The van der Waals surface area contributed by atoms with E-state index in [0.29, 0.717) is 11.5 Å². The number of hydrogen-bond acceptors (Lipinski definition) is 6. The fraction of sp³-hybridized carbons (Fsp3) is 0.0476. The van der Waals surface area contributed by atoms with Crippen molar-refractivity contribution in [3.05, 3.63) is 69.3 Å². The molecule has 3 N–H and O–H groups in total. The van der Waals surface area contributed by atoms with Crippen LogP contribution in [0.25, 0.3) is 21.3 Å². The number of nitrogens with zero attached hydrogens (tertiary/aromatic N) is 2. The van der Waals surface area contributed by atoms with Gasteiger partial charge in [0.25, 0.3) is 0 Å². The van der Waals surface area contributed by atoms with E-state index in [1.165, 1.54) is 29.8 Å². The van der Waals surface area contributed by atoms with Gasteiger partial charge in [-0.1, -0.05) is 28.1 Å². The van der Waals surface area contributed by atoms with Crippen molar-refractivity contribution in [1.82, 2.24) is 9.97 Å². The first-order chi connectivity index (χ1) is 14.3. The van der Waals surface area contributed by atoms with Gasteiger partial charge in [0.05, 0.1) is 16.5 Å². The number of nitrogens with one attached hydrogen (secondary N) is 1. The molecule has 0 saturated carbocycles. The maximum absolute atomic E-state index is 11.4. The number of carboxylic acid groups (broad SMARTS) is 2. The molecule has 2 aromatic heterocycles. The maximum atomic E-state index is 11.4. The highest BCUT2D eigenvalue weighted by molar-refractivity contribution is 9.10. The molecular formula is C21H14BrN3O4S. The Kier molecular flexibility index (Phi) is 5.23. The monoisotopic (exact) mass is 483 g/mol. The van der Waals surface area contributed by atoms with Crippen molar-refractivity contribution in [2.24, 2.45) is 0 Å². The van der Waals surface area contributed by atoms with Crippen LogP contribution in [-0.2, 0) is 0 Å². The van der Waals surface area contributed by atoms with Gasteiger partial charge in [-0.2, -0.15) is 0 Å². The zero-order valence-corrected chi connectivity index (χ0v) is 17.9. The molecule has 7 nitrogen and oxygen atoms in total. The number of aryl methyl sites for hydroxylation is 1. The third-order valence-electron chi connectivity index (χ3n) is 4.49. The predicted molar refractivity (Wildman–Crippen MR) is 119 cm³/mol. The van der Waals surface area contributed by atoms with Crippen molar-refractivity contribution in [3.63, 3.8) is 0 Å². The highest BCUT2D eigenvalue weighted by atomic mass is 79.9. The number of carbonyl (C=O) groups is 2. The Morgan fingerprint density at radius 2 is 1.63 bits per heavy atom. The number of hydrogen-bond donors (Lipinski definition) is 3. The topological polar surface area (TPSA) is 112 Å². The van der Waals surface area contributed by atoms with Gasteiger partial charge in [-0.15, -0.1) is 11.3 Å². The molecule has 0 atom stereocenters. The highest BCUT2D eigenvalue weighted by Gasteiger charge is 2.18. The van der Waals surface area contributed by atoms with E-state index in [2.05, 4.69) is 31.2 Å². The van der Waals surface area contributed by atoms with E-state index in [4.69, 9.17) is 0 Å². The summed E-state index contributed by atoms with van der Waals surface area (Å²) in [6, 6.07) is 11.7. The summed E-state index contributed by atoms with van der Waals surface area (Å²) in [5, 5.41) is 22.5. The molecular weight excluding hydrogens is 470 g/mol. The zero-order valence-electron chi connectivity index (χ0n) is 15.5. The Morgan fingerprint density at radius 3 is 2.23 bits per heavy atom. The average Bonchev–Trinajstić information content (AvgIpc) is 3.05. The summed E-state index contributed by atoms with van der Waals surface area (Å²) >= 11 is 4.97. The SMILES string of the molecule is Cc1sc2ncnc(Nc3cc(C(=O)O)cc(C(=O)O)c3)c2c1-c1ccc(Br)cc1. The molecule has 0 aliphatic rings. The van der Waals surface area contributed by atoms with Crippen molar-refractivity contribution in [2.45, 2.75) is 6.92 Å². The van der Waals surface area contributed by atoms with Gasteiger partial charge in [-0.3, -0.25) is 0 Å². The largest absolute Gasteiger partial charge is 0.478 e. The summed E-state index contributed by atoms with van der Waals surface area (Å²) in [5.41, 5.74) is 2.02. The van der Waals surface area contributed by atoms with Crippen molar-refractivity contribution in [3.8, 4) is 11.1 Å². The van der Waals surface area contributed by atoms with Gasteiger partial charge >= 0.3 is 11.9 Å². The van der Waals surface area contributed by atoms with E-state index in [9.17, 15) is 19.8 Å². The smallest absolute Gasteiger partial charge is 0.335 e. The summed E-state index contributed by atoms with van der Waals surface area (Å²) in [6.45, 7) is 2.00. The lowest BCUT2D eigenvalue weighted by Gasteiger charge is -2.11. The first-order valence-corrected chi connectivity index (χ1v) is 10.3. The lowest BCUT2D eigenvalue weighted by atomic mass is 10.0. The minimum atomic E-state index is -1.21. The summed E-state index contributed by atoms with van der Waals surface area (Å²) < 4.78 is 0.963. The van der Waals surface area contributed by atoms with Crippen LogP contribution in [0.5, 0.6) is 0 Å². The van der Waals surface area contributed by atoms with Crippen LogP contribution in [0, 0.1) is 6.92 Å². The summed E-state index contributed by atoms with van der Waals surface area (Å²) in [7, 11) is 0.